The number of hydrogen-bond donors (Lipinski definition) is 0. The van der Waals surface area contributed by atoms with E-state index in [1.54, 1.807) is 13.4 Å². The highest BCUT2D eigenvalue weighted by Crippen LogP contribution is 2.25. The average Bonchev–Trinajstić information content (AvgIpc) is 2.87. The molecule has 1 unspecified atom stereocenters. The topological polar surface area (TPSA) is 39.9 Å². The number of nitrogens with zero attached hydrogens (tertiary/aromatic N) is 3. The van der Waals surface area contributed by atoms with E-state index < -0.39 is 0 Å². The van der Waals surface area contributed by atoms with Gasteiger partial charge in [0.15, 0.2) is 0 Å². The van der Waals surface area contributed by atoms with E-state index in [0.717, 1.165) is 18.8 Å². The van der Waals surface area contributed by atoms with Crippen molar-refractivity contribution >= 4 is 0 Å². The van der Waals surface area contributed by atoms with Crippen molar-refractivity contribution in [3.8, 4) is 0 Å². The van der Waals surface area contributed by atoms with Crippen LogP contribution in [0.4, 0.5) is 0 Å². The molecule has 0 aliphatic heterocycles. The molecule has 96 valence electrons. The van der Waals surface area contributed by atoms with Gasteiger partial charge in [-0.3, -0.25) is 0 Å². The Balaban J connectivity index is 2.25. The van der Waals surface area contributed by atoms with Gasteiger partial charge < -0.3 is 9.30 Å². The van der Waals surface area contributed by atoms with Crippen LogP contribution in [0.15, 0.2) is 36.7 Å². The van der Waals surface area contributed by atoms with E-state index in [1.807, 2.05) is 6.07 Å². The van der Waals surface area contributed by atoms with Gasteiger partial charge in [-0.2, -0.15) is 0 Å². The summed E-state index contributed by atoms with van der Waals surface area (Å²) in [6, 6.07) is 10.4. The van der Waals surface area contributed by atoms with Gasteiger partial charge >= 0.3 is 0 Å². The number of ether oxygens (including phenoxy) is 1. The van der Waals surface area contributed by atoms with Crippen LogP contribution in [0, 0.1) is 0 Å². The molecule has 0 bridgehead atoms. The Kier molecular flexibility index (Phi) is 4.47. The molecular weight excluding hydrogens is 226 g/mol. The van der Waals surface area contributed by atoms with Crippen molar-refractivity contribution in [1.29, 1.82) is 0 Å². The summed E-state index contributed by atoms with van der Waals surface area (Å²) in [5.41, 5.74) is 1.28. The molecule has 0 saturated heterocycles. The molecule has 1 heterocycles. The third kappa shape index (κ3) is 2.76. The highest BCUT2D eigenvalue weighted by atomic mass is 16.5. The molecule has 0 aliphatic carbocycles. The van der Waals surface area contributed by atoms with Crippen LogP contribution < -0.4 is 0 Å². The lowest BCUT2D eigenvalue weighted by molar-refractivity contribution is 0.186. The fraction of sp³-hybridized carbons (Fsp3) is 0.429. The smallest absolute Gasteiger partial charge is 0.140 e. The molecule has 0 fully saturated rings. The predicted octanol–water partition coefficient (Wildman–Crippen LogP) is 2.47. The van der Waals surface area contributed by atoms with E-state index in [0.29, 0.717) is 12.5 Å². The van der Waals surface area contributed by atoms with Crippen molar-refractivity contribution in [2.75, 3.05) is 13.7 Å². The number of benzene rings is 1. The maximum atomic E-state index is 5.11. The largest absolute Gasteiger partial charge is 0.383 e. The zero-order chi connectivity index (χ0) is 12.8. The SMILES string of the molecule is CCC(c1ccccc1)c1nncn1CCOC. The molecular formula is C14H19N3O. The molecule has 0 aliphatic rings. The quantitative estimate of drug-likeness (QED) is 0.785. The van der Waals surface area contributed by atoms with E-state index >= 15 is 0 Å². The Labute approximate surface area is 108 Å². The molecule has 0 N–H and O–H groups in total. The molecule has 4 nitrogen and oxygen atoms in total. The Hall–Kier alpha value is -1.68. The van der Waals surface area contributed by atoms with Crippen molar-refractivity contribution < 1.29 is 4.74 Å². The van der Waals surface area contributed by atoms with Gasteiger partial charge in [-0.05, 0) is 12.0 Å². The first-order chi connectivity index (χ1) is 8.86. The van der Waals surface area contributed by atoms with Crippen molar-refractivity contribution in [3.05, 3.63) is 48.0 Å². The first kappa shape index (κ1) is 12.8. The van der Waals surface area contributed by atoms with E-state index in [9.17, 15) is 0 Å². The Bertz CT molecular complexity index is 467. The van der Waals surface area contributed by atoms with Gasteiger partial charge in [0.25, 0.3) is 0 Å². The van der Waals surface area contributed by atoms with E-state index in [4.69, 9.17) is 4.74 Å². The number of methoxy groups -OCH3 is 1. The summed E-state index contributed by atoms with van der Waals surface area (Å²) < 4.78 is 7.19. The summed E-state index contributed by atoms with van der Waals surface area (Å²) in [5, 5.41) is 8.30. The minimum atomic E-state index is 0.297. The number of aromatic nitrogens is 3. The molecule has 2 rings (SSSR count). The second-order valence-electron chi connectivity index (χ2n) is 4.25. The molecule has 0 amide bonds. The Morgan fingerprint density at radius 3 is 2.72 bits per heavy atom. The molecule has 0 spiro atoms. The van der Waals surface area contributed by atoms with Crippen molar-refractivity contribution in [1.82, 2.24) is 14.8 Å². The number of hydrogen-bond acceptors (Lipinski definition) is 3. The normalized spacial score (nSPS) is 12.6. The van der Waals surface area contributed by atoms with Crippen LogP contribution in [0.1, 0.15) is 30.7 Å². The van der Waals surface area contributed by atoms with Crippen molar-refractivity contribution in [2.45, 2.75) is 25.8 Å². The summed E-state index contributed by atoms with van der Waals surface area (Å²) in [7, 11) is 1.71. The second-order valence-corrected chi connectivity index (χ2v) is 4.25. The van der Waals surface area contributed by atoms with Gasteiger partial charge in [-0.25, -0.2) is 0 Å². The van der Waals surface area contributed by atoms with Crippen LogP contribution in [0.3, 0.4) is 0 Å². The summed E-state index contributed by atoms with van der Waals surface area (Å²) >= 11 is 0. The van der Waals surface area contributed by atoms with Crippen LogP contribution in [0.5, 0.6) is 0 Å². The molecule has 2 aromatic rings. The summed E-state index contributed by atoms with van der Waals surface area (Å²) in [5.74, 6) is 1.31. The van der Waals surface area contributed by atoms with Crippen LogP contribution in [-0.4, -0.2) is 28.5 Å². The maximum Gasteiger partial charge on any atom is 0.140 e. The van der Waals surface area contributed by atoms with Gasteiger partial charge in [-0.1, -0.05) is 37.3 Å². The zero-order valence-electron chi connectivity index (χ0n) is 10.9. The lowest BCUT2D eigenvalue weighted by Gasteiger charge is -2.15. The second kappa shape index (κ2) is 6.31. The first-order valence-electron chi connectivity index (χ1n) is 6.28. The average molecular weight is 245 g/mol. The molecule has 0 radical (unpaired) electrons. The van der Waals surface area contributed by atoms with E-state index in [-0.39, 0.29) is 0 Å². The van der Waals surface area contributed by atoms with Gasteiger partial charge in [0, 0.05) is 19.6 Å². The summed E-state index contributed by atoms with van der Waals surface area (Å²) in [4.78, 5) is 0. The third-order valence-electron chi connectivity index (χ3n) is 3.10. The molecule has 1 aromatic heterocycles. The van der Waals surface area contributed by atoms with Gasteiger partial charge in [0.05, 0.1) is 6.61 Å². The Morgan fingerprint density at radius 1 is 1.28 bits per heavy atom. The molecule has 18 heavy (non-hydrogen) atoms. The molecule has 0 saturated carbocycles. The third-order valence-corrected chi connectivity index (χ3v) is 3.10. The predicted molar refractivity (Wildman–Crippen MR) is 70.5 cm³/mol. The first-order valence-corrected chi connectivity index (χ1v) is 6.28. The van der Waals surface area contributed by atoms with Gasteiger partial charge in [0.1, 0.15) is 12.2 Å². The van der Waals surface area contributed by atoms with Crippen molar-refractivity contribution in [3.63, 3.8) is 0 Å². The van der Waals surface area contributed by atoms with Crippen LogP contribution in [0.2, 0.25) is 0 Å². The van der Waals surface area contributed by atoms with Crippen LogP contribution in [-0.2, 0) is 11.3 Å². The minimum absolute atomic E-state index is 0.297. The standard InChI is InChI=1S/C14H19N3O/c1-3-13(12-7-5-4-6-8-12)14-16-15-11-17(14)9-10-18-2/h4-8,11,13H,3,9-10H2,1-2H3. The van der Waals surface area contributed by atoms with E-state index in [2.05, 4.69) is 46.0 Å². The van der Waals surface area contributed by atoms with Crippen molar-refractivity contribution in [2.24, 2.45) is 0 Å². The molecule has 1 aromatic carbocycles. The summed E-state index contributed by atoms with van der Waals surface area (Å²) in [6.07, 6.45) is 2.79. The minimum Gasteiger partial charge on any atom is -0.383 e. The number of rotatable bonds is 6. The van der Waals surface area contributed by atoms with Gasteiger partial charge in [0.2, 0.25) is 0 Å². The molecule has 4 heteroatoms. The molecule has 1 atom stereocenters. The van der Waals surface area contributed by atoms with Gasteiger partial charge in [-0.15, -0.1) is 10.2 Å². The van der Waals surface area contributed by atoms with E-state index in [1.165, 1.54) is 5.56 Å². The highest BCUT2D eigenvalue weighted by molar-refractivity contribution is 5.25. The lowest BCUT2D eigenvalue weighted by atomic mass is 9.96. The summed E-state index contributed by atoms with van der Waals surface area (Å²) in [6.45, 7) is 3.64. The monoisotopic (exact) mass is 245 g/mol. The zero-order valence-corrected chi connectivity index (χ0v) is 10.9. The van der Waals surface area contributed by atoms with Crippen LogP contribution in [0.25, 0.3) is 0 Å². The highest BCUT2D eigenvalue weighted by Gasteiger charge is 2.17. The fourth-order valence-corrected chi connectivity index (χ4v) is 2.15. The fourth-order valence-electron chi connectivity index (χ4n) is 2.15. The van der Waals surface area contributed by atoms with Crippen LogP contribution >= 0.6 is 0 Å². The lowest BCUT2D eigenvalue weighted by Crippen LogP contribution is -2.12. The maximum absolute atomic E-state index is 5.11. The Morgan fingerprint density at radius 2 is 2.06 bits per heavy atom.